The largest absolute Gasteiger partial charge is 0.264 e. The van der Waals surface area contributed by atoms with Gasteiger partial charge in [0, 0.05) is 12.4 Å². The first-order valence-corrected chi connectivity index (χ1v) is 4.16. The Bertz CT molecular complexity index is 205. The highest BCUT2D eigenvalue weighted by molar-refractivity contribution is 5.04. The molecule has 0 aliphatic rings. The predicted molar refractivity (Wildman–Crippen MR) is 31.2 cm³/mol. The summed E-state index contributed by atoms with van der Waals surface area (Å²) in [5.41, 5.74) is 1.21. The molecular formula is C6H8ClNO4. The van der Waals surface area contributed by atoms with E-state index in [1.165, 1.54) is 5.56 Å². The summed E-state index contributed by atoms with van der Waals surface area (Å²) in [4.78, 5) is 3.88. The van der Waals surface area contributed by atoms with Crippen LogP contribution in [-0.2, 0) is 0 Å². The van der Waals surface area contributed by atoms with E-state index >= 15 is 0 Å². The van der Waals surface area contributed by atoms with Gasteiger partial charge in [-0.15, -0.1) is 0 Å². The molecule has 1 rings (SSSR count). The molecule has 0 aromatic carbocycles. The summed E-state index contributed by atoms with van der Waals surface area (Å²) in [6.07, 6.45) is 3.60. The number of halogens is 1. The van der Waals surface area contributed by atoms with E-state index in [0.717, 1.165) is 0 Å². The third kappa shape index (κ3) is 12.0. The van der Waals surface area contributed by atoms with Gasteiger partial charge in [-0.2, -0.15) is 14.0 Å². The fourth-order valence-electron chi connectivity index (χ4n) is 0.448. The normalized spacial score (nSPS) is 10.1. The van der Waals surface area contributed by atoms with Crippen LogP contribution in [-0.4, -0.2) is 9.64 Å². The van der Waals surface area contributed by atoms with E-state index in [4.69, 9.17) is 18.6 Å². The second-order valence-electron chi connectivity index (χ2n) is 1.93. The number of pyridine rings is 1. The van der Waals surface area contributed by atoms with E-state index in [1.807, 2.05) is 25.3 Å². The van der Waals surface area contributed by atoms with Gasteiger partial charge in [0.1, 0.15) is 0 Å². The molecule has 0 amide bonds. The Morgan fingerprint density at radius 2 is 1.92 bits per heavy atom. The van der Waals surface area contributed by atoms with E-state index in [1.54, 1.807) is 6.20 Å². The summed E-state index contributed by atoms with van der Waals surface area (Å²) in [5.74, 6) is 0. The zero-order chi connectivity index (χ0) is 9.61. The highest BCUT2D eigenvalue weighted by atomic mass is 35.7. The van der Waals surface area contributed by atoms with E-state index < -0.39 is 10.2 Å². The molecule has 1 aromatic heterocycles. The van der Waals surface area contributed by atoms with Gasteiger partial charge < -0.3 is 0 Å². The van der Waals surface area contributed by atoms with Crippen LogP contribution >= 0.6 is 0 Å². The SMILES string of the molecule is Cc1cccnc1.[O-][Cl+3]([O-])([O-])O. The van der Waals surface area contributed by atoms with Gasteiger partial charge in [0.25, 0.3) is 0 Å². The Labute approximate surface area is 71.7 Å². The highest BCUT2D eigenvalue weighted by Crippen LogP contribution is 1.88. The molecule has 0 radical (unpaired) electrons. The van der Waals surface area contributed by atoms with Gasteiger partial charge in [-0.25, -0.2) is 0 Å². The van der Waals surface area contributed by atoms with E-state index in [2.05, 4.69) is 4.98 Å². The van der Waals surface area contributed by atoms with Crippen LogP contribution in [0.25, 0.3) is 0 Å². The molecule has 0 saturated carbocycles. The minimum absolute atomic E-state index is 1.21. The van der Waals surface area contributed by atoms with Crippen LogP contribution in [0.4, 0.5) is 0 Å². The summed E-state index contributed by atoms with van der Waals surface area (Å²) >= 11 is 0. The zero-order valence-electron chi connectivity index (χ0n) is 6.31. The van der Waals surface area contributed by atoms with Crippen molar-refractivity contribution in [3.05, 3.63) is 30.1 Å². The topological polar surface area (TPSA) is 102 Å². The van der Waals surface area contributed by atoms with Gasteiger partial charge in [0.2, 0.25) is 0 Å². The molecule has 0 atom stereocenters. The fourth-order valence-corrected chi connectivity index (χ4v) is 0.448. The quantitative estimate of drug-likeness (QED) is 0.482. The maximum Gasteiger partial charge on any atom is 0.0777 e. The van der Waals surface area contributed by atoms with Crippen molar-refractivity contribution >= 4 is 0 Å². The van der Waals surface area contributed by atoms with Crippen molar-refractivity contribution in [2.75, 3.05) is 0 Å². The Hall–Kier alpha value is -0.720. The molecule has 0 saturated heterocycles. The number of nitrogens with zero attached hydrogens (tertiary/aromatic N) is 1. The predicted octanol–water partition coefficient (Wildman–Crippen LogP) is -2.73. The third-order valence-electron chi connectivity index (χ3n) is 0.809. The highest BCUT2D eigenvalue weighted by Gasteiger charge is 1.98. The van der Waals surface area contributed by atoms with Crippen molar-refractivity contribution in [2.24, 2.45) is 0 Å². The summed E-state index contributed by atoms with van der Waals surface area (Å²) in [7, 11) is -4.69. The lowest BCUT2D eigenvalue weighted by Crippen LogP contribution is -2.58. The van der Waals surface area contributed by atoms with Gasteiger partial charge in [0.15, 0.2) is 0 Å². The van der Waals surface area contributed by atoms with Crippen molar-refractivity contribution in [2.45, 2.75) is 6.92 Å². The first-order valence-electron chi connectivity index (χ1n) is 2.89. The Kier molecular flexibility index (Phi) is 4.72. The van der Waals surface area contributed by atoms with Gasteiger partial charge >= 0.3 is 0 Å². The molecule has 0 aliphatic carbocycles. The molecule has 6 heteroatoms. The first kappa shape index (κ1) is 11.3. The van der Waals surface area contributed by atoms with E-state index in [0.29, 0.717) is 0 Å². The molecule has 68 valence electrons. The molecule has 1 aromatic rings. The molecule has 0 bridgehead atoms. The van der Waals surface area contributed by atoms with Crippen molar-refractivity contribution in [3.8, 4) is 0 Å². The Morgan fingerprint density at radius 1 is 1.42 bits per heavy atom. The summed E-state index contributed by atoms with van der Waals surface area (Å²) in [5, 5.41) is 0. The average molecular weight is 194 g/mol. The van der Waals surface area contributed by atoms with Crippen molar-refractivity contribution < 1.29 is 28.9 Å². The van der Waals surface area contributed by atoms with Crippen LogP contribution in [0.5, 0.6) is 0 Å². The lowest BCUT2D eigenvalue weighted by atomic mass is 10.3. The molecule has 1 N–H and O–H groups in total. The van der Waals surface area contributed by atoms with Crippen LogP contribution < -0.4 is 14.0 Å². The second kappa shape index (κ2) is 5.02. The average Bonchev–Trinajstić information content (AvgIpc) is 1.85. The minimum Gasteiger partial charge on any atom is -0.264 e. The van der Waals surface area contributed by atoms with Crippen LogP contribution in [0.2, 0.25) is 0 Å². The lowest BCUT2D eigenvalue weighted by molar-refractivity contribution is -1.92. The molecule has 0 spiro atoms. The fraction of sp³-hybridized carbons (Fsp3) is 0.167. The number of rotatable bonds is 0. The molecule has 1 heterocycles. The third-order valence-corrected chi connectivity index (χ3v) is 0.809. The van der Waals surface area contributed by atoms with Crippen LogP contribution in [0.1, 0.15) is 5.56 Å². The Morgan fingerprint density at radius 3 is 2.08 bits per heavy atom. The van der Waals surface area contributed by atoms with E-state index in [-0.39, 0.29) is 0 Å². The molecular weight excluding hydrogens is 186 g/mol. The maximum absolute atomic E-state index is 8.60. The van der Waals surface area contributed by atoms with Gasteiger partial charge in [-0.1, -0.05) is 6.07 Å². The summed E-state index contributed by atoms with van der Waals surface area (Å²) in [6.45, 7) is 2.02. The molecule has 0 aliphatic heterocycles. The smallest absolute Gasteiger partial charge is 0.0777 e. The van der Waals surface area contributed by atoms with Crippen LogP contribution in [0.3, 0.4) is 0 Å². The minimum atomic E-state index is -4.69. The van der Waals surface area contributed by atoms with Crippen molar-refractivity contribution in [1.29, 1.82) is 0 Å². The van der Waals surface area contributed by atoms with Crippen molar-refractivity contribution in [3.63, 3.8) is 0 Å². The van der Waals surface area contributed by atoms with Crippen LogP contribution in [0, 0.1) is 17.2 Å². The maximum atomic E-state index is 8.60. The monoisotopic (exact) mass is 193 g/mol. The van der Waals surface area contributed by atoms with Crippen LogP contribution in [0.15, 0.2) is 24.5 Å². The Balaban J connectivity index is 0.000000217. The summed E-state index contributed by atoms with van der Waals surface area (Å²) < 4.78 is 32.7. The molecule has 0 fully saturated rings. The molecule has 5 nitrogen and oxygen atoms in total. The number of hydrogen-bond acceptors (Lipinski definition) is 5. The van der Waals surface area contributed by atoms with Crippen molar-refractivity contribution in [1.82, 2.24) is 4.98 Å². The number of aromatic nitrogens is 1. The van der Waals surface area contributed by atoms with E-state index in [9.17, 15) is 0 Å². The second-order valence-corrected chi connectivity index (χ2v) is 2.72. The number of aryl methyl sites for hydroxylation is 1. The van der Waals surface area contributed by atoms with Gasteiger partial charge in [0.05, 0.1) is 14.9 Å². The molecule has 12 heavy (non-hydrogen) atoms. The lowest BCUT2D eigenvalue weighted by Gasteiger charge is -2.03. The van der Waals surface area contributed by atoms with Gasteiger partial charge in [-0.05, 0) is 18.6 Å². The standard InChI is InChI=1S/C6H7N.ClHO4/c1-6-3-2-4-7-5-6;2-1(3,4)5/h2-5H,1H3;(H,2,3,4,5). The first-order chi connectivity index (χ1) is 5.39. The number of hydrogen-bond donors (Lipinski definition) is 1. The zero-order valence-corrected chi connectivity index (χ0v) is 7.06. The van der Waals surface area contributed by atoms with Gasteiger partial charge in [-0.3, -0.25) is 4.98 Å². The molecule has 0 unspecified atom stereocenters. The summed E-state index contributed by atoms with van der Waals surface area (Å²) in [6, 6.07) is 3.95.